The van der Waals surface area contributed by atoms with Crippen molar-refractivity contribution in [3.05, 3.63) is 42.5 Å². The Morgan fingerprint density at radius 1 is 1.11 bits per heavy atom. The van der Waals surface area contributed by atoms with Gasteiger partial charge in [-0.2, -0.15) is 0 Å². The monoisotopic (exact) mass is 373 g/mol. The van der Waals surface area contributed by atoms with Crippen molar-refractivity contribution < 1.29 is 33.3 Å². The van der Waals surface area contributed by atoms with Crippen LogP contribution in [0, 0.1) is 0 Å². The second-order valence-electron chi connectivity index (χ2n) is 5.59. The highest BCUT2D eigenvalue weighted by atomic mass is 16.6. The van der Waals surface area contributed by atoms with Gasteiger partial charge < -0.3 is 29.0 Å². The van der Waals surface area contributed by atoms with Crippen LogP contribution in [0.25, 0.3) is 0 Å². The predicted molar refractivity (Wildman–Crippen MR) is 95.5 cm³/mol. The molecular formula is C19H19NO7. The molecule has 1 atom stereocenters. The molecule has 0 saturated heterocycles. The fraction of sp³-hybridized carbons (Fsp3) is 0.263. The molecule has 0 aromatic heterocycles. The van der Waals surface area contributed by atoms with Gasteiger partial charge in [0.25, 0.3) is 5.91 Å². The Morgan fingerprint density at radius 2 is 1.89 bits per heavy atom. The molecular weight excluding hydrogens is 354 g/mol. The quantitative estimate of drug-likeness (QED) is 0.775. The summed E-state index contributed by atoms with van der Waals surface area (Å²) in [5.74, 6) is 0.815. The number of carbonyl (C=O) groups is 2. The first kappa shape index (κ1) is 18.4. The van der Waals surface area contributed by atoms with E-state index in [-0.39, 0.29) is 6.61 Å². The van der Waals surface area contributed by atoms with E-state index in [1.807, 2.05) is 0 Å². The van der Waals surface area contributed by atoms with Crippen molar-refractivity contribution in [2.24, 2.45) is 0 Å². The molecule has 0 fully saturated rings. The summed E-state index contributed by atoms with van der Waals surface area (Å²) in [6.07, 6.45) is -0.931. The lowest BCUT2D eigenvalue weighted by Crippen LogP contribution is -2.39. The van der Waals surface area contributed by atoms with E-state index in [1.54, 1.807) is 42.5 Å². The Morgan fingerprint density at radius 3 is 2.63 bits per heavy atom. The Bertz CT molecular complexity index is 837. The first-order valence-corrected chi connectivity index (χ1v) is 8.17. The van der Waals surface area contributed by atoms with E-state index in [1.165, 1.54) is 14.2 Å². The summed E-state index contributed by atoms with van der Waals surface area (Å²) in [4.78, 5) is 24.2. The van der Waals surface area contributed by atoms with Gasteiger partial charge in [-0.15, -0.1) is 0 Å². The number of benzene rings is 2. The number of esters is 1. The molecule has 0 saturated carbocycles. The Balaban J connectivity index is 1.54. The summed E-state index contributed by atoms with van der Waals surface area (Å²) in [7, 11) is 3.00. The summed E-state index contributed by atoms with van der Waals surface area (Å²) in [6.45, 7) is -0.456. The molecule has 0 spiro atoms. The molecule has 1 aliphatic heterocycles. The lowest BCUT2D eigenvalue weighted by Gasteiger charge is -2.24. The number of hydrogen-bond donors (Lipinski definition) is 1. The first-order chi connectivity index (χ1) is 13.1. The van der Waals surface area contributed by atoms with Gasteiger partial charge in [-0.1, -0.05) is 12.1 Å². The highest BCUT2D eigenvalue weighted by Gasteiger charge is 2.29. The molecule has 1 amide bonds. The molecule has 8 nitrogen and oxygen atoms in total. The second-order valence-corrected chi connectivity index (χ2v) is 5.59. The fourth-order valence-electron chi connectivity index (χ4n) is 2.46. The minimum atomic E-state index is -0.931. The van der Waals surface area contributed by atoms with E-state index < -0.39 is 24.6 Å². The number of hydrogen-bond acceptors (Lipinski definition) is 7. The topological polar surface area (TPSA) is 92.3 Å². The zero-order chi connectivity index (χ0) is 19.2. The largest absolute Gasteiger partial charge is 0.497 e. The number of ether oxygens (including phenoxy) is 5. The molecule has 1 aliphatic rings. The number of nitrogens with one attached hydrogen (secondary N) is 1. The van der Waals surface area contributed by atoms with Gasteiger partial charge in [0, 0.05) is 6.07 Å². The maximum atomic E-state index is 12.1. The van der Waals surface area contributed by atoms with Crippen LogP contribution in [0.1, 0.15) is 0 Å². The molecule has 3 rings (SSSR count). The third-order valence-electron chi connectivity index (χ3n) is 3.80. The van der Waals surface area contributed by atoms with Crippen LogP contribution in [0.5, 0.6) is 23.0 Å². The van der Waals surface area contributed by atoms with Gasteiger partial charge >= 0.3 is 5.97 Å². The van der Waals surface area contributed by atoms with Crippen LogP contribution in [0.2, 0.25) is 0 Å². The number of carbonyl (C=O) groups excluding carboxylic acids is 2. The van der Waals surface area contributed by atoms with Crippen LogP contribution in [0.4, 0.5) is 5.69 Å². The van der Waals surface area contributed by atoms with Gasteiger partial charge in [-0.25, -0.2) is 4.79 Å². The van der Waals surface area contributed by atoms with Gasteiger partial charge in [-0.05, 0) is 24.3 Å². The fourth-order valence-corrected chi connectivity index (χ4v) is 2.46. The van der Waals surface area contributed by atoms with Crippen molar-refractivity contribution in [2.75, 3.05) is 32.8 Å². The lowest BCUT2D eigenvalue weighted by atomic mass is 10.2. The van der Waals surface area contributed by atoms with E-state index in [0.717, 1.165) is 0 Å². The van der Waals surface area contributed by atoms with Gasteiger partial charge in [0.2, 0.25) is 6.10 Å². The second kappa shape index (κ2) is 8.31. The average molecular weight is 373 g/mol. The van der Waals surface area contributed by atoms with Crippen LogP contribution >= 0.6 is 0 Å². The zero-order valence-corrected chi connectivity index (χ0v) is 14.9. The number of fused-ring (bicyclic) bond motifs is 1. The molecule has 2 aromatic rings. The Labute approximate surface area is 155 Å². The van der Waals surface area contributed by atoms with Crippen LogP contribution in [-0.2, 0) is 14.3 Å². The molecule has 1 heterocycles. The molecule has 0 bridgehead atoms. The molecule has 0 aliphatic carbocycles. The summed E-state index contributed by atoms with van der Waals surface area (Å²) < 4.78 is 26.3. The van der Waals surface area contributed by atoms with E-state index in [0.29, 0.717) is 28.7 Å². The highest BCUT2D eigenvalue weighted by molar-refractivity contribution is 5.94. The molecule has 8 heteroatoms. The van der Waals surface area contributed by atoms with Gasteiger partial charge in [0.15, 0.2) is 18.1 Å². The van der Waals surface area contributed by atoms with Crippen molar-refractivity contribution in [1.29, 1.82) is 0 Å². The number of rotatable bonds is 6. The zero-order valence-electron chi connectivity index (χ0n) is 14.9. The predicted octanol–water partition coefficient (Wildman–Crippen LogP) is 2.03. The average Bonchev–Trinajstić information content (AvgIpc) is 2.71. The third kappa shape index (κ3) is 4.41. The van der Waals surface area contributed by atoms with Gasteiger partial charge in [0.05, 0.1) is 19.9 Å². The van der Waals surface area contributed by atoms with Crippen LogP contribution < -0.4 is 24.3 Å². The van der Waals surface area contributed by atoms with Crippen molar-refractivity contribution in [3.8, 4) is 23.0 Å². The number of para-hydroxylation sites is 2. The summed E-state index contributed by atoms with van der Waals surface area (Å²) in [5.41, 5.74) is 0.407. The maximum Gasteiger partial charge on any atom is 0.351 e. The van der Waals surface area contributed by atoms with Crippen LogP contribution in [-0.4, -0.2) is 45.4 Å². The minimum Gasteiger partial charge on any atom is -0.497 e. The summed E-state index contributed by atoms with van der Waals surface area (Å²) in [5, 5.41) is 2.62. The summed E-state index contributed by atoms with van der Waals surface area (Å²) >= 11 is 0. The van der Waals surface area contributed by atoms with Crippen molar-refractivity contribution in [3.63, 3.8) is 0 Å². The molecule has 142 valence electrons. The maximum absolute atomic E-state index is 12.1. The standard InChI is InChI=1S/C19H19NO7/c1-23-12-7-8-14(24-2)13(9-12)20-18(21)11-26-19(22)17-10-25-15-5-3-4-6-16(15)27-17/h3-9,17H,10-11H2,1-2H3,(H,20,21). The minimum absolute atomic E-state index is 0.0151. The van der Waals surface area contributed by atoms with E-state index in [9.17, 15) is 9.59 Å². The highest BCUT2D eigenvalue weighted by Crippen LogP contribution is 2.31. The Hall–Kier alpha value is -3.42. The molecule has 2 aromatic carbocycles. The number of anilines is 1. The number of amides is 1. The molecule has 27 heavy (non-hydrogen) atoms. The van der Waals surface area contributed by atoms with E-state index >= 15 is 0 Å². The SMILES string of the molecule is COc1ccc(OC)c(NC(=O)COC(=O)C2COc3ccccc3O2)c1. The number of methoxy groups -OCH3 is 2. The van der Waals surface area contributed by atoms with Crippen LogP contribution in [0.15, 0.2) is 42.5 Å². The van der Waals surface area contributed by atoms with Crippen molar-refractivity contribution in [2.45, 2.75) is 6.10 Å². The molecule has 0 radical (unpaired) electrons. The van der Waals surface area contributed by atoms with Gasteiger partial charge in [-0.3, -0.25) is 4.79 Å². The lowest BCUT2D eigenvalue weighted by molar-refractivity contribution is -0.156. The summed E-state index contributed by atoms with van der Waals surface area (Å²) in [6, 6.07) is 12.0. The van der Waals surface area contributed by atoms with Crippen LogP contribution in [0.3, 0.4) is 0 Å². The third-order valence-corrected chi connectivity index (χ3v) is 3.80. The Kier molecular flexibility index (Phi) is 5.65. The van der Waals surface area contributed by atoms with Gasteiger partial charge in [0.1, 0.15) is 18.1 Å². The van der Waals surface area contributed by atoms with E-state index in [2.05, 4.69) is 5.32 Å². The smallest absolute Gasteiger partial charge is 0.351 e. The van der Waals surface area contributed by atoms with Crippen molar-refractivity contribution >= 4 is 17.6 Å². The molecule has 1 unspecified atom stereocenters. The van der Waals surface area contributed by atoms with E-state index in [4.69, 9.17) is 23.7 Å². The normalized spacial score (nSPS) is 14.8. The first-order valence-electron chi connectivity index (χ1n) is 8.17. The van der Waals surface area contributed by atoms with Crippen molar-refractivity contribution in [1.82, 2.24) is 0 Å². The molecule has 1 N–H and O–H groups in total.